The first-order valence-corrected chi connectivity index (χ1v) is 10.1. The average Bonchev–Trinajstić information content (AvgIpc) is 3.24. The summed E-state index contributed by atoms with van der Waals surface area (Å²) in [7, 11) is 0. The van der Waals surface area contributed by atoms with Crippen LogP contribution in [0.15, 0.2) is 30.7 Å². The van der Waals surface area contributed by atoms with Crippen molar-refractivity contribution in [2.75, 3.05) is 19.7 Å². The first-order chi connectivity index (χ1) is 13.6. The number of hydrogen-bond acceptors (Lipinski definition) is 5. The molecule has 0 amide bonds. The van der Waals surface area contributed by atoms with Crippen molar-refractivity contribution in [1.29, 1.82) is 0 Å². The summed E-state index contributed by atoms with van der Waals surface area (Å²) in [4.78, 5) is 11.9. The van der Waals surface area contributed by atoms with Crippen LogP contribution in [-0.4, -0.2) is 48.9 Å². The van der Waals surface area contributed by atoms with E-state index < -0.39 is 0 Å². The zero-order valence-electron chi connectivity index (χ0n) is 16.7. The van der Waals surface area contributed by atoms with Gasteiger partial charge in [0, 0.05) is 18.3 Å². The molecule has 0 saturated carbocycles. The highest BCUT2D eigenvalue weighted by atomic mass is 16.5. The number of ether oxygens (including phenoxy) is 1. The first-order valence-electron chi connectivity index (χ1n) is 10.1. The zero-order chi connectivity index (χ0) is 19.3. The van der Waals surface area contributed by atoms with Gasteiger partial charge in [0.25, 0.3) is 0 Å². The van der Waals surface area contributed by atoms with E-state index in [1.807, 2.05) is 4.68 Å². The average molecular weight is 378 g/mol. The molecule has 2 aromatic heterocycles. The second-order valence-electron chi connectivity index (χ2n) is 7.93. The van der Waals surface area contributed by atoms with Gasteiger partial charge in [-0.25, -0.2) is 14.6 Å². The smallest absolute Gasteiger partial charge is 0.178 e. The van der Waals surface area contributed by atoms with Gasteiger partial charge >= 0.3 is 0 Å². The van der Waals surface area contributed by atoms with Crippen molar-refractivity contribution in [1.82, 2.24) is 29.2 Å². The Bertz CT molecular complexity index is 1000. The zero-order valence-corrected chi connectivity index (χ0v) is 16.7. The lowest BCUT2D eigenvalue weighted by atomic mass is 10.00. The quantitative estimate of drug-likeness (QED) is 0.695. The van der Waals surface area contributed by atoms with Crippen molar-refractivity contribution in [3.05, 3.63) is 36.3 Å². The van der Waals surface area contributed by atoms with Crippen LogP contribution in [0.4, 0.5) is 0 Å². The van der Waals surface area contributed by atoms with Crippen molar-refractivity contribution < 1.29 is 4.74 Å². The fraction of sp³-hybridized carbons (Fsp3) is 0.476. The van der Waals surface area contributed by atoms with Crippen molar-refractivity contribution in [2.45, 2.75) is 45.8 Å². The molecule has 1 aromatic carbocycles. The molecule has 1 saturated heterocycles. The van der Waals surface area contributed by atoms with E-state index in [1.165, 1.54) is 25.1 Å². The molecule has 0 N–H and O–H groups in total. The topological polar surface area (TPSA) is 61.0 Å². The minimum absolute atomic E-state index is 0.235. The molecule has 0 bridgehead atoms. The van der Waals surface area contributed by atoms with Gasteiger partial charge in [-0.3, -0.25) is 4.90 Å². The van der Waals surface area contributed by atoms with Gasteiger partial charge in [-0.15, -0.1) is 0 Å². The van der Waals surface area contributed by atoms with E-state index in [9.17, 15) is 0 Å². The lowest BCUT2D eigenvalue weighted by Gasteiger charge is -2.36. The summed E-state index contributed by atoms with van der Waals surface area (Å²) < 4.78 is 10.1. The van der Waals surface area contributed by atoms with E-state index in [0.717, 1.165) is 35.2 Å². The summed E-state index contributed by atoms with van der Waals surface area (Å²) >= 11 is 0. The Balaban J connectivity index is 1.58. The molecule has 0 spiro atoms. The van der Waals surface area contributed by atoms with Crippen molar-refractivity contribution in [2.24, 2.45) is 0 Å². The molecule has 0 radical (unpaired) electrons. The highest BCUT2D eigenvalue weighted by molar-refractivity contribution is 5.69. The fourth-order valence-electron chi connectivity index (χ4n) is 4.02. The number of fused-ring (bicyclic) bond motifs is 3. The number of imidazole rings is 1. The Morgan fingerprint density at radius 3 is 2.68 bits per heavy atom. The van der Waals surface area contributed by atoms with E-state index in [-0.39, 0.29) is 6.04 Å². The molecule has 7 nitrogen and oxygen atoms in total. The minimum atomic E-state index is 0.235. The van der Waals surface area contributed by atoms with Crippen molar-refractivity contribution in [3.8, 4) is 28.7 Å². The third-order valence-corrected chi connectivity index (χ3v) is 5.82. The summed E-state index contributed by atoms with van der Waals surface area (Å²) in [5.41, 5.74) is 3.23. The number of benzene rings is 1. The normalized spacial score (nSPS) is 17.4. The molecular formula is C21H26N6O. The van der Waals surface area contributed by atoms with Crippen LogP contribution in [0, 0.1) is 0 Å². The van der Waals surface area contributed by atoms with Crippen LogP contribution in [0.1, 0.15) is 44.8 Å². The standard InChI is InChI=1S/C21H26N6O/c1-14(2)27-21(22-13-23-27)18-12-26-9-10-28-19-6-5-16(11-17(19)20(26)24-18)15(3)25-7-4-8-25/h5-6,11-15H,4,7-10H2,1-3H3. The van der Waals surface area contributed by atoms with Crippen LogP contribution >= 0.6 is 0 Å². The largest absolute Gasteiger partial charge is 0.491 e. The van der Waals surface area contributed by atoms with E-state index in [1.54, 1.807) is 6.33 Å². The number of aromatic nitrogens is 5. The molecule has 3 aromatic rings. The second-order valence-corrected chi connectivity index (χ2v) is 7.93. The molecule has 1 atom stereocenters. The summed E-state index contributed by atoms with van der Waals surface area (Å²) in [6, 6.07) is 7.19. The third kappa shape index (κ3) is 2.81. The van der Waals surface area contributed by atoms with Crippen LogP contribution < -0.4 is 4.74 Å². The Kier molecular flexibility index (Phi) is 4.19. The lowest BCUT2D eigenvalue weighted by molar-refractivity contribution is 0.128. The van der Waals surface area contributed by atoms with Gasteiger partial charge in [0.15, 0.2) is 5.82 Å². The van der Waals surface area contributed by atoms with Crippen LogP contribution in [0.25, 0.3) is 22.9 Å². The van der Waals surface area contributed by atoms with Crippen LogP contribution in [0.5, 0.6) is 5.75 Å². The van der Waals surface area contributed by atoms with Gasteiger partial charge < -0.3 is 9.30 Å². The molecule has 0 aliphatic carbocycles. The summed E-state index contributed by atoms with van der Waals surface area (Å²) in [6.07, 6.45) is 4.97. The maximum Gasteiger partial charge on any atom is 0.178 e. The number of rotatable bonds is 4. The Morgan fingerprint density at radius 2 is 1.93 bits per heavy atom. The molecule has 7 heteroatoms. The second kappa shape index (κ2) is 6.74. The molecule has 1 fully saturated rings. The predicted molar refractivity (Wildman–Crippen MR) is 107 cm³/mol. The first kappa shape index (κ1) is 17.4. The molecule has 146 valence electrons. The van der Waals surface area contributed by atoms with Gasteiger partial charge in [0.1, 0.15) is 30.2 Å². The molecular weight excluding hydrogens is 352 g/mol. The van der Waals surface area contributed by atoms with E-state index in [4.69, 9.17) is 9.72 Å². The number of hydrogen-bond donors (Lipinski definition) is 0. The van der Waals surface area contributed by atoms with Crippen LogP contribution in [0.2, 0.25) is 0 Å². The van der Waals surface area contributed by atoms with E-state index in [0.29, 0.717) is 12.6 Å². The summed E-state index contributed by atoms with van der Waals surface area (Å²) in [5, 5.41) is 4.36. The SMILES string of the molecule is CC(c1ccc2c(c1)-c1nc(-c3ncnn3C(C)C)cn1CCO2)N1CCC1. The van der Waals surface area contributed by atoms with Crippen LogP contribution in [0.3, 0.4) is 0 Å². The van der Waals surface area contributed by atoms with Crippen molar-refractivity contribution in [3.63, 3.8) is 0 Å². The Hall–Kier alpha value is -2.67. The Morgan fingerprint density at radius 1 is 1.07 bits per heavy atom. The molecule has 1 unspecified atom stereocenters. The third-order valence-electron chi connectivity index (χ3n) is 5.82. The monoisotopic (exact) mass is 378 g/mol. The Labute approximate surface area is 165 Å². The van der Waals surface area contributed by atoms with Gasteiger partial charge in [-0.05, 0) is 58.0 Å². The molecule has 4 heterocycles. The van der Waals surface area contributed by atoms with Gasteiger partial charge in [-0.2, -0.15) is 5.10 Å². The van der Waals surface area contributed by atoms with Gasteiger partial charge in [0.2, 0.25) is 0 Å². The molecule has 28 heavy (non-hydrogen) atoms. The summed E-state index contributed by atoms with van der Waals surface area (Å²) in [5.74, 6) is 2.65. The van der Waals surface area contributed by atoms with E-state index >= 15 is 0 Å². The van der Waals surface area contributed by atoms with Crippen molar-refractivity contribution >= 4 is 0 Å². The van der Waals surface area contributed by atoms with Gasteiger partial charge in [0.05, 0.1) is 12.1 Å². The minimum Gasteiger partial charge on any atom is -0.491 e. The molecule has 5 rings (SSSR count). The summed E-state index contributed by atoms with van der Waals surface area (Å²) in [6.45, 7) is 10.2. The predicted octanol–water partition coefficient (Wildman–Crippen LogP) is 3.55. The molecule has 2 aliphatic heterocycles. The number of likely N-dealkylation sites (tertiary alicyclic amines) is 1. The maximum absolute atomic E-state index is 6.01. The fourth-order valence-corrected chi connectivity index (χ4v) is 4.02. The highest BCUT2D eigenvalue weighted by Gasteiger charge is 2.25. The van der Waals surface area contributed by atoms with Crippen LogP contribution in [-0.2, 0) is 6.54 Å². The maximum atomic E-state index is 6.01. The van der Waals surface area contributed by atoms with E-state index in [2.05, 4.69) is 64.7 Å². The highest BCUT2D eigenvalue weighted by Crippen LogP contribution is 2.37. The molecule has 2 aliphatic rings. The van der Waals surface area contributed by atoms with Gasteiger partial charge in [-0.1, -0.05) is 6.07 Å². The lowest BCUT2D eigenvalue weighted by Crippen LogP contribution is -2.38. The number of nitrogens with zero attached hydrogens (tertiary/aromatic N) is 6.